The lowest BCUT2D eigenvalue weighted by Gasteiger charge is -2.09. The van der Waals surface area contributed by atoms with Crippen molar-refractivity contribution in [2.24, 2.45) is 7.05 Å². The second-order valence-corrected chi connectivity index (χ2v) is 4.10. The maximum absolute atomic E-state index is 5.12. The van der Waals surface area contributed by atoms with Gasteiger partial charge in [0.2, 0.25) is 0 Å². The molecule has 1 heterocycles. The Morgan fingerprint density at radius 3 is 2.82 bits per heavy atom. The topological polar surface area (TPSA) is 26.2 Å². The number of aromatic nitrogens is 1. The van der Waals surface area contributed by atoms with Gasteiger partial charge in [-0.3, -0.25) is 0 Å². The zero-order valence-corrected chi connectivity index (χ0v) is 10.3. The average molecular weight is 230 g/mol. The smallest absolute Gasteiger partial charge is 0.0713 e. The molecule has 0 fully saturated rings. The first kappa shape index (κ1) is 11.7. The number of nitrogens with one attached hydrogen (secondary N) is 1. The number of hydrogen-bond donors (Lipinski definition) is 1. The molecule has 0 amide bonds. The summed E-state index contributed by atoms with van der Waals surface area (Å²) in [5, 5.41) is 3.41. The summed E-state index contributed by atoms with van der Waals surface area (Å²) in [6, 6.07) is 12.5. The van der Waals surface area contributed by atoms with Crippen LogP contribution in [0.4, 0.5) is 5.69 Å². The molecule has 0 spiro atoms. The van der Waals surface area contributed by atoms with Crippen molar-refractivity contribution in [3.8, 4) is 0 Å². The molecule has 0 aliphatic heterocycles. The largest absolute Gasteiger partial charge is 0.380 e. The summed E-state index contributed by atoms with van der Waals surface area (Å²) in [5.41, 5.74) is 3.58. The van der Waals surface area contributed by atoms with Gasteiger partial charge in [-0.15, -0.1) is 0 Å². The molecule has 0 aliphatic rings. The van der Waals surface area contributed by atoms with E-state index in [0.29, 0.717) is 6.61 Å². The Morgan fingerprint density at radius 1 is 1.24 bits per heavy atom. The number of aryl methyl sites for hydroxylation is 1. The lowest BCUT2D eigenvalue weighted by Crippen LogP contribution is -2.04. The molecule has 0 radical (unpaired) electrons. The van der Waals surface area contributed by atoms with Gasteiger partial charge in [-0.05, 0) is 29.8 Å². The molecule has 0 saturated carbocycles. The standard InChI is InChI=1S/C14H18N2O/c1-16-8-4-7-14(16)10-15-13-6-3-5-12(9-13)11-17-2/h3-9,15H,10-11H2,1-2H3. The summed E-state index contributed by atoms with van der Waals surface area (Å²) < 4.78 is 7.24. The van der Waals surface area contributed by atoms with Gasteiger partial charge in [-0.2, -0.15) is 0 Å². The summed E-state index contributed by atoms with van der Waals surface area (Å²) in [5.74, 6) is 0. The second kappa shape index (κ2) is 5.55. The van der Waals surface area contributed by atoms with Crippen LogP contribution in [0.2, 0.25) is 0 Å². The summed E-state index contributed by atoms with van der Waals surface area (Å²) in [6.07, 6.45) is 2.05. The molecule has 0 bridgehead atoms. The van der Waals surface area contributed by atoms with Gasteiger partial charge in [0.05, 0.1) is 13.2 Å². The number of ether oxygens (including phenoxy) is 1. The van der Waals surface area contributed by atoms with Gasteiger partial charge in [0, 0.05) is 31.7 Å². The molecule has 3 heteroatoms. The van der Waals surface area contributed by atoms with Gasteiger partial charge in [-0.1, -0.05) is 12.1 Å². The number of hydrogen-bond acceptors (Lipinski definition) is 2. The predicted molar refractivity (Wildman–Crippen MR) is 69.9 cm³/mol. The first-order valence-corrected chi connectivity index (χ1v) is 5.71. The normalized spacial score (nSPS) is 10.5. The van der Waals surface area contributed by atoms with Crippen LogP contribution >= 0.6 is 0 Å². The van der Waals surface area contributed by atoms with Crippen LogP contribution in [-0.4, -0.2) is 11.7 Å². The van der Waals surface area contributed by atoms with Crippen molar-refractivity contribution in [3.05, 3.63) is 53.9 Å². The summed E-state index contributed by atoms with van der Waals surface area (Å²) in [6.45, 7) is 1.49. The molecule has 0 aliphatic carbocycles. The van der Waals surface area contributed by atoms with Crippen LogP contribution in [0.5, 0.6) is 0 Å². The molecule has 17 heavy (non-hydrogen) atoms. The van der Waals surface area contributed by atoms with Crippen molar-refractivity contribution in [2.75, 3.05) is 12.4 Å². The first-order chi connectivity index (χ1) is 8.29. The fraction of sp³-hybridized carbons (Fsp3) is 0.286. The minimum Gasteiger partial charge on any atom is -0.380 e. The van der Waals surface area contributed by atoms with E-state index in [9.17, 15) is 0 Å². The molecule has 1 N–H and O–H groups in total. The van der Waals surface area contributed by atoms with E-state index in [-0.39, 0.29) is 0 Å². The number of benzene rings is 1. The third kappa shape index (κ3) is 3.11. The van der Waals surface area contributed by atoms with E-state index in [1.165, 1.54) is 11.3 Å². The Kier molecular flexibility index (Phi) is 3.83. The number of rotatable bonds is 5. The number of anilines is 1. The Hall–Kier alpha value is -1.74. The van der Waals surface area contributed by atoms with E-state index in [1.54, 1.807) is 7.11 Å². The van der Waals surface area contributed by atoms with Crippen molar-refractivity contribution >= 4 is 5.69 Å². The van der Waals surface area contributed by atoms with E-state index in [4.69, 9.17) is 4.74 Å². The van der Waals surface area contributed by atoms with Crippen LogP contribution in [0.15, 0.2) is 42.6 Å². The first-order valence-electron chi connectivity index (χ1n) is 5.71. The van der Waals surface area contributed by atoms with Crippen LogP contribution in [-0.2, 0) is 24.9 Å². The second-order valence-electron chi connectivity index (χ2n) is 4.10. The monoisotopic (exact) mass is 230 g/mol. The highest BCUT2D eigenvalue weighted by molar-refractivity contribution is 5.45. The molecular formula is C14H18N2O. The van der Waals surface area contributed by atoms with Crippen LogP contribution in [0.1, 0.15) is 11.3 Å². The highest BCUT2D eigenvalue weighted by Gasteiger charge is 1.98. The molecule has 90 valence electrons. The zero-order valence-electron chi connectivity index (χ0n) is 10.3. The molecule has 3 nitrogen and oxygen atoms in total. The van der Waals surface area contributed by atoms with Crippen molar-refractivity contribution < 1.29 is 4.74 Å². The maximum atomic E-state index is 5.12. The third-order valence-corrected chi connectivity index (χ3v) is 2.76. The Bertz CT molecular complexity index is 477. The maximum Gasteiger partial charge on any atom is 0.0713 e. The van der Waals surface area contributed by atoms with Gasteiger partial charge in [0.1, 0.15) is 0 Å². The van der Waals surface area contributed by atoms with Crippen molar-refractivity contribution in [3.63, 3.8) is 0 Å². The molecule has 1 aromatic carbocycles. The average Bonchev–Trinajstić information content (AvgIpc) is 2.73. The Morgan fingerprint density at radius 2 is 2.12 bits per heavy atom. The van der Waals surface area contributed by atoms with Gasteiger partial charge in [0.15, 0.2) is 0 Å². The van der Waals surface area contributed by atoms with E-state index in [1.807, 2.05) is 6.07 Å². The van der Waals surface area contributed by atoms with Crippen molar-refractivity contribution in [1.82, 2.24) is 4.57 Å². The van der Waals surface area contributed by atoms with E-state index in [0.717, 1.165) is 12.2 Å². The quantitative estimate of drug-likeness (QED) is 0.854. The zero-order chi connectivity index (χ0) is 12.1. The van der Waals surface area contributed by atoms with E-state index >= 15 is 0 Å². The summed E-state index contributed by atoms with van der Waals surface area (Å²) >= 11 is 0. The fourth-order valence-corrected chi connectivity index (χ4v) is 1.81. The summed E-state index contributed by atoms with van der Waals surface area (Å²) in [7, 11) is 3.77. The highest BCUT2D eigenvalue weighted by Crippen LogP contribution is 2.12. The lowest BCUT2D eigenvalue weighted by atomic mass is 10.2. The molecule has 0 unspecified atom stereocenters. The third-order valence-electron chi connectivity index (χ3n) is 2.76. The fourth-order valence-electron chi connectivity index (χ4n) is 1.81. The van der Waals surface area contributed by atoms with Gasteiger partial charge in [-0.25, -0.2) is 0 Å². The molecule has 1 aromatic heterocycles. The van der Waals surface area contributed by atoms with Crippen LogP contribution in [0.3, 0.4) is 0 Å². The molecular weight excluding hydrogens is 212 g/mol. The number of nitrogens with zero attached hydrogens (tertiary/aromatic N) is 1. The SMILES string of the molecule is COCc1cccc(NCc2cccn2C)c1. The van der Waals surface area contributed by atoms with E-state index < -0.39 is 0 Å². The van der Waals surface area contributed by atoms with Crippen LogP contribution in [0, 0.1) is 0 Å². The highest BCUT2D eigenvalue weighted by atomic mass is 16.5. The molecule has 2 rings (SSSR count). The molecule has 0 atom stereocenters. The Labute approximate surface area is 102 Å². The van der Waals surface area contributed by atoms with Gasteiger partial charge >= 0.3 is 0 Å². The Balaban J connectivity index is 1.99. The minimum absolute atomic E-state index is 0.652. The summed E-state index contributed by atoms with van der Waals surface area (Å²) in [4.78, 5) is 0. The van der Waals surface area contributed by atoms with Crippen LogP contribution < -0.4 is 5.32 Å². The van der Waals surface area contributed by atoms with Crippen molar-refractivity contribution in [2.45, 2.75) is 13.2 Å². The molecule has 0 saturated heterocycles. The predicted octanol–water partition coefficient (Wildman–Crippen LogP) is 2.78. The lowest BCUT2D eigenvalue weighted by molar-refractivity contribution is 0.185. The minimum atomic E-state index is 0.652. The van der Waals surface area contributed by atoms with E-state index in [2.05, 4.69) is 53.5 Å². The molecule has 2 aromatic rings. The van der Waals surface area contributed by atoms with Crippen molar-refractivity contribution in [1.29, 1.82) is 0 Å². The van der Waals surface area contributed by atoms with Crippen LogP contribution in [0.25, 0.3) is 0 Å². The van der Waals surface area contributed by atoms with Gasteiger partial charge < -0.3 is 14.6 Å². The van der Waals surface area contributed by atoms with Gasteiger partial charge in [0.25, 0.3) is 0 Å². The number of methoxy groups -OCH3 is 1.